The van der Waals surface area contributed by atoms with Gasteiger partial charge in [0.15, 0.2) is 0 Å². The summed E-state index contributed by atoms with van der Waals surface area (Å²) in [6.45, 7) is 12.3. The number of ether oxygens (including phenoxy) is 3. The summed E-state index contributed by atoms with van der Waals surface area (Å²) >= 11 is 0. The first-order valence-corrected chi connectivity index (χ1v) is 12.0. The van der Waals surface area contributed by atoms with Crippen molar-refractivity contribution < 1.29 is 19.0 Å². The lowest BCUT2D eigenvalue weighted by Crippen LogP contribution is -2.30. The first-order chi connectivity index (χ1) is 15.0. The maximum Gasteiger partial charge on any atom is 0.223 e. The first-order valence-electron chi connectivity index (χ1n) is 12.0. The minimum absolute atomic E-state index is 0.0456. The van der Waals surface area contributed by atoms with E-state index in [0.29, 0.717) is 58.0 Å². The Balaban J connectivity index is 3.41. The van der Waals surface area contributed by atoms with E-state index in [9.17, 15) is 4.79 Å². The maximum atomic E-state index is 11.7. The highest BCUT2D eigenvalue weighted by Crippen LogP contribution is 2.01. The number of hydrogen-bond acceptors (Lipinski definition) is 6. The van der Waals surface area contributed by atoms with Crippen LogP contribution >= 0.6 is 0 Å². The summed E-state index contributed by atoms with van der Waals surface area (Å²) in [4.78, 5) is 11.7. The summed E-state index contributed by atoms with van der Waals surface area (Å²) in [6, 6.07) is 0.561. The molecule has 0 aromatic carbocycles. The van der Waals surface area contributed by atoms with Gasteiger partial charge < -0.3 is 30.6 Å². The summed E-state index contributed by atoms with van der Waals surface area (Å²) in [7, 11) is 0. The van der Waals surface area contributed by atoms with Crippen molar-refractivity contribution in [2.75, 3.05) is 46.1 Å². The molecular formula is C24H47N3O4. The van der Waals surface area contributed by atoms with Crippen LogP contribution in [0.25, 0.3) is 0 Å². The molecule has 0 aliphatic heterocycles. The maximum absolute atomic E-state index is 11.7. The number of nitrogens with two attached hydrogens (primary N) is 1. The van der Waals surface area contributed by atoms with E-state index >= 15 is 0 Å². The molecule has 3 unspecified atom stereocenters. The molecule has 31 heavy (non-hydrogen) atoms. The van der Waals surface area contributed by atoms with Gasteiger partial charge in [0.2, 0.25) is 5.91 Å². The van der Waals surface area contributed by atoms with Crippen LogP contribution in [0.5, 0.6) is 0 Å². The summed E-state index contributed by atoms with van der Waals surface area (Å²) in [5.41, 5.74) is 5.95. The SMILES string of the molecule is CCCC(C)C#CCNC(=O)CCOCCOCCOC(N)CCCNC(C)CCC. The number of rotatable bonds is 20. The van der Waals surface area contributed by atoms with Crippen molar-refractivity contribution in [2.45, 2.75) is 84.9 Å². The highest BCUT2D eigenvalue weighted by molar-refractivity contribution is 5.76. The molecule has 3 atom stereocenters. The monoisotopic (exact) mass is 441 g/mol. The molecule has 0 spiro atoms. The normalized spacial score (nSPS) is 13.8. The van der Waals surface area contributed by atoms with Crippen LogP contribution in [-0.4, -0.2) is 64.3 Å². The molecular weight excluding hydrogens is 394 g/mol. The third-order valence-corrected chi connectivity index (χ3v) is 4.73. The number of carbonyl (C=O) groups is 1. The molecule has 0 bridgehead atoms. The van der Waals surface area contributed by atoms with Crippen LogP contribution in [0.1, 0.15) is 72.6 Å². The van der Waals surface area contributed by atoms with E-state index in [1.54, 1.807) is 0 Å². The molecule has 0 saturated carbocycles. The molecule has 0 aliphatic carbocycles. The number of nitrogens with one attached hydrogen (secondary N) is 2. The standard InChI is InChI=1S/C24H47N3O4/c1-5-9-21(3)11-7-15-27-24(28)13-16-29-17-18-30-19-20-31-23(25)12-8-14-26-22(4)10-6-2/h21-23,26H,5-6,8-10,12-20,25H2,1-4H3,(H,27,28). The van der Waals surface area contributed by atoms with Crippen molar-refractivity contribution in [3.63, 3.8) is 0 Å². The van der Waals surface area contributed by atoms with Gasteiger partial charge in [-0.05, 0) is 39.2 Å². The van der Waals surface area contributed by atoms with Crippen LogP contribution < -0.4 is 16.4 Å². The predicted octanol–water partition coefficient (Wildman–Crippen LogP) is 2.83. The lowest BCUT2D eigenvalue weighted by molar-refractivity contribution is -0.122. The third-order valence-electron chi connectivity index (χ3n) is 4.73. The van der Waals surface area contributed by atoms with Crippen LogP contribution in [0.4, 0.5) is 0 Å². The van der Waals surface area contributed by atoms with Gasteiger partial charge in [0, 0.05) is 18.4 Å². The van der Waals surface area contributed by atoms with Crippen LogP contribution in [0.15, 0.2) is 0 Å². The van der Waals surface area contributed by atoms with Gasteiger partial charge in [0.1, 0.15) is 6.23 Å². The zero-order valence-electron chi connectivity index (χ0n) is 20.3. The summed E-state index contributed by atoms with van der Waals surface area (Å²) in [5, 5.41) is 6.27. The van der Waals surface area contributed by atoms with Gasteiger partial charge in [-0.1, -0.05) is 45.5 Å². The first kappa shape index (κ1) is 29.8. The van der Waals surface area contributed by atoms with Crippen molar-refractivity contribution in [1.82, 2.24) is 10.6 Å². The second kappa shape index (κ2) is 22.0. The second-order valence-corrected chi connectivity index (χ2v) is 7.96. The van der Waals surface area contributed by atoms with Gasteiger partial charge in [-0.2, -0.15) is 0 Å². The Morgan fingerprint density at radius 2 is 1.65 bits per heavy atom. The molecule has 0 aliphatic rings. The zero-order chi connectivity index (χ0) is 23.2. The van der Waals surface area contributed by atoms with Gasteiger partial charge in [-0.25, -0.2) is 0 Å². The molecule has 1 amide bonds. The Hall–Kier alpha value is -1.17. The van der Waals surface area contributed by atoms with Gasteiger partial charge >= 0.3 is 0 Å². The second-order valence-electron chi connectivity index (χ2n) is 7.96. The Bertz CT molecular complexity index is 479. The Labute approximate surface area is 190 Å². The summed E-state index contributed by atoms with van der Waals surface area (Å²) in [6.07, 6.45) is 6.53. The van der Waals surface area contributed by atoms with E-state index in [1.165, 1.54) is 12.8 Å². The zero-order valence-corrected chi connectivity index (χ0v) is 20.3. The molecule has 0 saturated heterocycles. The van der Waals surface area contributed by atoms with E-state index < -0.39 is 0 Å². The molecule has 0 heterocycles. The highest BCUT2D eigenvalue weighted by Gasteiger charge is 2.04. The van der Waals surface area contributed by atoms with E-state index in [4.69, 9.17) is 19.9 Å². The number of carbonyl (C=O) groups excluding carboxylic acids is 1. The molecule has 7 nitrogen and oxygen atoms in total. The summed E-state index contributed by atoms with van der Waals surface area (Å²) < 4.78 is 16.4. The van der Waals surface area contributed by atoms with Crippen molar-refractivity contribution in [2.24, 2.45) is 11.7 Å². The van der Waals surface area contributed by atoms with Gasteiger partial charge in [-0.3, -0.25) is 4.79 Å². The molecule has 0 fully saturated rings. The number of hydrogen-bond donors (Lipinski definition) is 3. The summed E-state index contributed by atoms with van der Waals surface area (Å²) in [5.74, 6) is 6.47. The fourth-order valence-electron chi connectivity index (χ4n) is 2.98. The predicted molar refractivity (Wildman–Crippen MR) is 127 cm³/mol. The molecule has 0 aromatic heterocycles. The van der Waals surface area contributed by atoms with Gasteiger partial charge in [-0.15, -0.1) is 0 Å². The fourth-order valence-corrected chi connectivity index (χ4v) is 2.98. The molecule has 0 aromatic rings. The van der Waals surface area contributed by atoms with Gasteiger partial charge in [0.05, 0.1) is 39.6 Å². The van der Waals surface area contributed by atoms with Crippen molar-refractivity contribution in [3.8, 4) is 11.8 Å². The Morgan fingerprint density at radius 1 is 0.968 bits per heavy atom. The topological polar surface area (TPSA) is 94.8 Å². The van der Waals surface area contributed by atoms with Crippen molar-refractivity contribution >= 4 is 5.91 Å². The average Bonchev–Trinajstić information content (AvgIpc) is 2.73. The van der Waals surface area contributed by atoms with E-state index in [-0.39, 0.29) is 12.1 Å². The largest absolute Gasteiger partial charge is 0.379 e. The quantitative estimate of drug-likeness (QED) is 0.153. The number of amides is 1. The minimum atomic E-state index is -0.249. The van der Waals surface area contributed by atoms with E-state index in [0.717, 1.165) is 32.2 Å². The Kier molecular flexibility index (Phi) is 21.2. The average molecular weight is 442 g/mol. The molecule has 0 radical (unpaired) electrons. The third kappa shape index (κ3) is 21.8. The molecule has 182 valence electrons. The molecule has 0 rings (SSSR count). The van der Waals surface area contributed by atoms with Crippen LogP contribution in [0, 0.1) is 17.8 Å². The smallest absolute Gasteiger partial charge is 0.223 e. The Morgan fingerprint density at radius 3 is 2.35 bits per heavy atom. The van der Waals surface area contributed by atoms with Crippen LogP contribution in [-0.2, 0) is 19.0 Å². The van der Waals surface area contributed by atoms with Crippen LogP contribution in [0.3, 0.4) is 0 Å². The lowest BCUT2D eigenvalue weighted by Gasteiger charge is -2.15. The van der Waals surface area contributed by atoms with E-state index in [2.05, 4.69) is 50.2 Å². The fraction of sp³-hybridized carbons (Fsp3) is 0.875. The molecule has 7 heteroatoms. The van der Waals surface area contributed by atoms with Crippen molar-refractivity contribution in [1.29, 1.82) is 0 Å². The van der Waals surface area contributed by atoms with Gasteiger partial charge in [0.25, 0.3) is 0 Å². The van der Waals surface area contributed by atoms with Crippen molar-refractivity contribution in [3.05, 3.63) is 0 Å². The lowest BCUT2D eigenvalue weighted by atomic mass is 10.1. The van der Waals surface area contributed by atoms with Crippen LogP contribution in [0.2, 0.25) is 0 Å². The van der Waals surface area contributed by atoms with E-state index in [1.807, 2.05) is 0 Å². The highest BCUT2D eigenvalue weighted by atomic mass is 16.5. The molecule has 4 N–H and O–H groups in total. The minimum Gasteiger partial charge on any atom is -0.379 e.